The molecule has 0 saturated carbocycles. The molecule has 1 atom stereocenters. The van der Waals surface area contributed by atoms with Gasteiger partial charge in [-0.25, -0.2) is 4.68 Å². The number of fused-ring (bicyclic) bond motifs is 1. The average molecular weight is 573 g/mol. The molecular formula is C32H33ClN4O2S. The van der Waals surface area contributed by atoms with E-state index in [0.717, 1.165) is 33.6 Å². The van der Waals surface area contributed by atoms with Crippen molar-refractivity contribution < 1.29 is 9.59 Å². The van der Waals surface area contributed by atoms with Crippen LogP contribution < -0.4 is 10.2 Å². The summed E-state index contributed by atoms with van der Waals surface area (Å²) in [6, 6.07) is 23.3. The van der Waals surface area contributed by atoms with Crippen LogP contribution in [0.5, 0.6) is 0 Å². The fraction of sp³-hybridized carbons (Fsp3) is 0.281. The fourth-order valence-electron chi connectivity index (χ4n) is 4.96. The molecule has 0 aliphatic carbocycles. The highest BCUT2D eigenvalue weighted by Crippen LogP contribution is 2.48. The van der Waals surface area contributed by atoms with Crippen molar-refractivity contribution in [2.24, 2.45) is 0 Å². The molecule has 8 heteroatoms. The number of thioether (sulfide) groups is 1. The molecule has 2 heterocycles. The van der Waals surface area contributed by atoms with Gasteiger partial charge in [0.1, 0.15) is 12.4 Å². The number of anilines is 2. The summed E-state index contributed by atoms with van der Waals surface area (Å²) in [4.78, 5) is 28.8. The van der Waals surface area contributed by atoms with Gasteiger partial charge in [-0.2, -0.15) is 5.10 Å². The van der Waals surface area contributed by atoms with Crippen molar-refractivity contribution in [1.82, 2.24) is 9.78 Å². The van der Waals surface area contributed by atoms with Crippen molar-refractivity contribution in [3.8, 4) is 5.69 Å². The molecule has 1 unspecified atom stereocenters. The molecule has 40 heavy (non-hydrogen) atoms. The lowest BCUT2D eigenvalue weighted by atomic mass is 9.87. The van der Waals surface area contributed by atoms with Crippen LogP contribution in [0.2, 0.25) is 5.02 Å². The van der Waals surface area contributed by atoms with E-state index in [1.165, 1.54) is 0 Å². The first-order chi connectivity index (χ1) is 19.0. The Kier molecular flexibility index (Phi) is 7.80. The molecule has 1 N–H and O–H groups in total. The van der Waals surface area contributed by atoms with Crippen molar-refractivity contribution in [2.75, 3.05) is 22.5 Å². The number of amides is 2. The maximum absolute atomic E-state index is 13.8. The lowest BCUT2D eigenvalue weighted by Gasteiger charge is -2.25. The summed E-state index contributed by atoms with van der Waals surface area (Å²) in [6.07, 6.45) is 0. The standard InChI is InChI=1S/C32H33ClN4O2S/c1-20-13-15-24(16-14-20)34-26(38)18-36-27(39)19-40-29(22-10-8-11-23(33)17-22)28-30(32(3,4)5)35-37(31(28)36)25-12-7-6-9-21(25)2/h6-17,29H,18-19H2,1-5H3,(H,34,38). The minimum absolute atomic E-state index is 0.135. The van der Waals surface area contributed by atoms with E-state index in [1.807, 2.05) is 91.3 Å². The fourth-order valence-corrected chi connectivity index (χ4v) is 6.34. The minimum Gasteiger partial charge on any atom is -0.325 e. The van der Waals surface area contributed by atoms with Crippen LogP contribution in [0.3, 0.4) is 0 Å². The number of benzene rings is 3. The number of nitrogens with one attached hydrogen (secondary N) is 1. The molecule has 5 rings (SSSR count). The van der Waals surface area contributed by atoms with Crippen LogP contribution in [-0.4, -0.2) is 33.9 Å². The SMILES string of the molecule is Cc1ccc(NC(=O)CN2C(=O)CSC(c3cccc(Cl)c3)c3c(C(C)(C)C)nn(-c4ccccc4C)c32)cc1. The van der Waals surface area contributed by atoms with E-state index < -0.39 is 0 Å². The quantitative estimate of drug-likeness (QED) is 0.273. The van der Waals surface area contributed by atoms with Crippen LogP contribution in [0.15, 0.2) is 72.8 Å². The van der Waals surface area contributed by atoms with Crippen LogP contribution >= 0.6 is 23.4 Å². The van der Waals surface area contributed by atoms with E-state index in [4.69, 9.17) is 16.7 Å². The van der Waals surface area contributed by atoms with Crippen LogP contribution in [-0.2, 0) is 15.0 Å². The Hall–Kier alpha value is -3.55. The van der Waals surface area contributed by atoms with Gasteiger partial charge in [0.05, 0.1) is 22.4 Å². The van der Waals surface area contributed by atoms with Crippen LogP contribution in [0.4, 0.5) is 11.5 Å². The molecule has 2 amide bonds. The Morgan fingerprint density at radius 2 is 1.77 bits per heavy atom. The van der Waals surface area contributed by atoms with Crippen molar-refractivity contribution in [3.05, 3.63) is 106 Å². The third-order valence-electron chi connectivity index (χ3n) is 6.93. The molecule has 4 aromatic rings. The van der Waals surface area contributed by atoms with Gasteiger partial charge >= 0.3 is 0 Å². The highest BCUT2D eigenvalue weighted by atomic mass is 35.5. The number of rotatable bonds is 5. The summed E-state index contributed by atoms with van der Waals surface area (Å²) >= 11 is 7.98. The Balaban J connectivity index is 1.71. The second-order valence-electron chi connectivity index (χ2n) is 11.2. The van der Waals surface area contributed by atoms with Gasteiger partial charge in [-0.15, -0.1) is 11.8 Å². The van der Waals surface area contributed by atoms with Crippen LogP contribution in [0, 0.1) is 13.8 Å². The highest BCUT2D eigenvalue weighted by Gasteiger charge is 2.40. The zero-order valence-corrected chi connectivity index (χ0v) is 24.9. The highest BCUT2D eigenvalue weighted by molar-refractivity contribution is 8.00. The van der Waals surface area contributed by atoms with Crippen LogP contribution in [0.1, 0.15) is 54.0 Å². The Morgan fingerprint density at radius 3 is 2.45 bits per heavy atom. The van der Waals surface area contributed by atoms with Gasteiger partial charge in [0, 0.05) is 21.7 Å². The number of aromatic nitrogens is 2. The van der Waals surface area contributed by atoms with Gasteiger partial charge in [0.2, 0.25) is 11.8 Å². The molecule has 0 spiro atoms. The molecule has 6 nitrogen and oxygen atoms in total. The first-order valence-electron chi connectivity index (χ1n) is 13.3. The smallest absolute Gasteiger partial charge is 0.244 e. The molecule has 0 saturated heterocycles. The van der Waals surface area contributed by atoms with Gasteiger partial charge in [-0.05, 0) is 55.3 Å². The van der Waals surface area contributed by atoms with E-state index in [9.17, 15) is 9.59 Å². The first kappa shape index (κ1) is 28.0. The second kappa shape index (κ2) is 11.1. The molecular weight excluding hydrogens is 540 g/mol. The molecule has 0 bridgehead atoms. The summed E-state index contributed by atoms with van der Waals surface area (Å²) in [5.74, 6) is 0.411. The Bertz CT molecular complexity index is 1570. The summed E-state index contributed by atoms with van der Waals surface area (Å²) < 4.78 is 1.85. The zero-order chi connectivity index (χ0) is 28.6. The third-order valence-corrected chi connectivity index (χ3v) is 8.42. The summed E-state index contributed by atoms with van der Waals surface area (Å²) in [5.41, 5.74) is 6.13. The largest absolute Gasteiger partial charge is 0.325 e. The normalized spacial score (nSPS) is 15.5. The number of para-hydroxylation sites is 1. The van der Waals surface area contributed by atoms with E-state index in [0.29, 0.717) is 16.5 Å². The number of carbonyl (C=O) groups excluding carboxylic acids is 2. The lowest BCUT2D eigenvalue weighted by Crippen LogP contribution is -2.40. The average Bonchev–Trinajstić information content (AvgIpc) is 3.23. The van der Waals surface area contributed by atoms with Crippen molar-refractivity contribution in [1.29, 1.82) is 0 Å². The van der Waals surface area contributed by atoms with Crippen molar-refractivity contribution in [2.45, 2.75) is 45.3 Å². The summed E-state index contributed by atoms with van der Waals surface area (Å²) in [6.45, 7) is 10.3. The molecule has 0 fully saturated rings. The van der Waals surface area contributed by atoms with Gasteiger partial charge in [0.15, 0.2) is 0 Å². The zero-order valence-electron chi connectivity index (χ0n) is 23.4. The predicted octanol–water partition coefficient (Wildman–Crippen LogP) is 7.25. The second-order valence-corrected chi connectivity index (χ2v) is 12.7. The maximum Gasteiger partial charge on any atom is 0.244 e. The molecule has 0 radical (unpaired) electrons. The maximum atomic E-state index is 13.8. The van der Waals surface area contributed by atoms with E-state index in [-0.39, 0.29) is 34.8 Å². The number of nitrogens with zero attached hydrogens (tertiary/aromatic N) is 3. The number of carbonyl (C=O) groups is 2. The summed E-state index contributed by atoms with van der Waals surface area (Å²) in [7, 11) is 0. The predicted molar refractivity (Wildman–Crippen MR) is 165 cm³/mol. The number of hydrogen-bond acceptors (Lipinski definition) is 4. The van der Waals surface area contributed by atoms with Crippen molar-refractivity contribution in [3.63, 3.8) is 0 Å². The van der Waals surface area contributed by atoms with Gasteiger partial charge < -0.3 is 5.32 Å². The number of aryl methyl sites for hydroxylation is 2. The van der Waals surface area contributed by atoms with Gasteiger partial charge in [-0.3, -0.25) is 14.5 Å². The molecule has 1 aliphatic rings. The third kappa shape index (κ3) is 5.67. The van der Waals surface area contributed by atoms with E-state index in [2.05, 4.69) is 26.1 Å². The molecule has 1 aliphatic heterocycles. The van der Waals surface area contributed by atoms with Gasteiger partial charge in [-0.1, -0.05) is 80.4 Å². The Morgan fingerprint density at radius 1 is 1.05 bits per heavy atom. The monoisotopic (exact) mass is 572 g/mol. The molecule has 3 aromatic carbocycles. The number of hydrogen-bond donors (Lipinski definition) is 1. The van der Waals surface area contributed by atoms with E-state index in [1.54, 1.807) is 16.7 Å². The summed E-state index contributed by atoms with van der Waals surface area (Å²) in [5, 5.41) is 8.56. The van der Waals surface area contributed by atoms with Crippen LogP contribution in [0.25, 0.3) is 5.69 Å². The molecule has 206 valence electrons. The lowest BCUT2D eigenvalue weighted by molar-refractivity contribution is -0.120. The number of halogens is 1. The van der Waals surface area contributed by atoms with Crippen molar-refractivity contribution >= 4 is 46.7 Å². The first-order valence-corrected chi connectivity index (χ1v) is 14.7. The minimum atomic E-state index is -0.335. The molecule has 1 aromatic heterocycles. The Labute approximate surface area is 244 Å². The van der Waals surface area contributed by atoms with E-state index >= 15 is 0 Å². The van der Waals surface area contributed by atoms with Gasteiger partial charge in [0.25, 0.3) is 0 Å². The topological polar surface area (TPSA) is 67.2 Å².